The molecule has 2 aromatic heterocycles. The first-order valence-electron chi connectivity index (χ1n) is 5.36. The number of anilines is 1. The average molecular weight is 278 g/mol. The molecule has 0 amide bonds. The van der Waals surface area contributed by atoms with Gasteiger partial charge in [0.25, 0.3) is 0 Å². The summed E-state index contributed by atoms with van der Waals surface area (Å²) in [6.07, 6.45) is 0. The summed E-state index contributed by atoms with van der Waals surface area (Å²) >= 11 is 1.37. The number of hydrogen-bond donors (Lipinski definition) is 2. The molecular weight excluding hydrogens is 270 g/mol. The van der Waals surface area contributed by atoms with Crippen LogP contribution < -0.4 is 11.3 Å². The summed E-state index contributed by atoms with van der Waals surface area (Å²) in [5.41, 5.74) is 2.45. The van der Waals surface area contributed by atoms with Gasteiger partial charge in [0, 0.05) is 0 Å². The second-order valence-corrected chi connectivity index (χ2v) is 4.70. The summed E-state index contributed by atoms with van der Waals surface area (Å²) < 4.78 is 26.9. The van der Waals surface area contributed by atoms with Crippen LogP contribution in [-0.2, 0) is 0 Å². The minimum absolute atomic E-state index is 0.00630. The van der Waals surface area contributed by atoms with E-state index in [4.69, 9.17) is 5.84 Å². The molecule has 0 atom stereocenters. The van der Waals surface area contributed by atoms with Crippen LogP contribution in [-0.4, -0.2) is 9.97 Å². The lowest BCUT2D eigenvalue weighted by atomic mass is 10.2. The molecule has 0 spiro atoms. The van der Waals surface area contributed by atoms with Crippen LogP contribution in [0, 0.1) is 11.6 Å². The predicted octanol–water partition coefficient (Wildman–Crippen LogP) is 2.92. The lowest BCUT2D eigenvalue weighted by Gasteiger charge is -2.06. The molecule has 2 heterocycles. The Balaban J connectivity index is 2.27. The number of fused-ring (bicyclic) bond motifs is 1. The number of benzene rings is 1. The molecular formula is C12H8F2N4S. The molecule has 7 heteroatoms. The van der Waals surface area contributed by atoms with Crippen molar-refractivity contribution in [1.29, 1.82) is 0 Å². The van der Waals surface area contributed by atoms with Gasteiger partial charge in [-0.15, -0.1) is 11.3 Å². The fourth-order valence-electron chi connectivity index (χ4n) is 1.75. The van der Waals surface area contributed by atoms with E-state index in [9.17, 15) is 8.78 Å². The third-order valence-electron chi connectivity index (χ3n) is 2.63. The van der Waals surface area contributed by atoms with Crippen molar-refractivity contribution >= 4 is 27.4 Å². The number of nitrogens with two attached hydrogens (primary N) is 1. The summed E-state index contributed by atoms with van der Waals surface area (Å²) in [6.45, 7) is 0. The Hall–Kier alpha value is -2.12. The second kappa shape index (κ2) is 4.52. The van der Waals surface area contributed by atoms with E-state index in [2.05, 4.69) is 15.4 Å². The largest absolute Gasteiger partial charge is 0.308 e. The molecule has 3 N–H and O–H groups in total. The number of aromatic nitrogens is 2. The molecule has 4 nitrogen and oxygen atoms in total. The van der Waals surface area contributed by atoms with Gasteiger partial charge in [-0.1, -0.05) is 0 Å². The first-order chi connectivity index (χ1) is 9.19. The lowest BCUT2D eigenvalue weighted by molar-refractivity contribution is 0.602. The maximum Gasteiger partial charge on any atom is 0.166 e. The Kier molecular flexibility index (Phi) is 2.84. The van der Waals surface area contributed by atoms with Crippen LogP contribution in [0.25, 0.3) is 21.6 Å². The lowest BCUT2D eigenvalue weighted by Crippen LogP contribution is -2.10. The molecule has 0 saturated carbocycles. The van der Waals surface area contributed by atoms with Gasteiger partial charge in [-0.05, 0) is 29.6 Å². The minimum Gasteiger partial charge on any atom is -0.308 e. The molecule has 0 saturated heterocycles. The van der Waals surface area contributed by atoms with Gasteiger partial charge in [-0.2, -0.15) is 0 Å². The van der Waals surface area contributed by atoms with E-state index in [1.807, 2.05) is 5.38 Å². The van der Waals surface area contributed by atoms with Gasteiger partial charge in [0.1, 0.15) is 16.5 Å². The smallest absolute Gasteiger partial charge is 0.166 e. The average Bonchev–Trinajstić information content (AvgIpc) is 2.88. The minimum atomic E-state index is -0.583. The highest BCUT2D eigenvalue weighted by molar-refractivity contribution is 7.16. The van der Waals surface area contributed by atoms with Gasteiger partial charge in [-0.25, -0.2) is 24.6 Å². The summed E-state index contributed by atoms with van der Waals surface area (Å²) in [4.78, 5) is 8.99. The molecule has 0 fully saturated rings. The van der Waals surface area contributed by atoms with Crippen LogP contribution in [0.2, 0.25) is 0 Å². The molecule has 0 aliphatic heterocycles. The number of nitrogen functional groups attached to an aromatic ring is 1. The number of thiophene rings is 1. The molecule has 0 aliphatic rings. The van der Waals surface area contributed by atoms with Gasteiger partial charge in [-0.3, -0.25) is 0 Å². The number of hydrogen-bond acceptors (Lipinski definition) is 5. The topological polar surface area (TPSA) is 63.8 Å². The van der Waals surface area contributed by atoms with Crippen molar-refractivity contribution in [1.82, 2.24) is 9.97 Å². The van der Waals surface area contributed by atoms with Gasteiger partial charge in [0.2, 0.25) is 0 Å². The van der Waals surface area contributed by atoms with E-state index >= 15 is 0 Å². The van der Waals surface area contributed by atoms with Gasteiger partial charge < -0.3 is 5.43 Å². The zero-order valence-electron chi connectivity index (χ0n) is 9.52. The Morgan fingerprint density at radius 3 is 2.79 bits per heavy atom. The predicted molar refractivity (Wildman–Crippen MR) is 70.6 cm³/mol. The second-order valence-electron chi connectivity index (χ2n) is 3.80. The molecule has 0 radical (unpaired) electrons. The van der Waals surface area contributed by atoms with Gasteiger partial charge in [0.05, 0.1) is 10.9 Å². The van der Waals surface area contributed by atoms with Crippen molar-refractivity contribution in [3.63, 3.8) is 0 Å². The van der Waals surface area contributed by atoms with Crippen molar-refractivity contribution in [2.24, 2.45) is 5.84 Å². The van der Waals surface area contributed by atoms with E-state index in [0.29, 0.717) is 10.6 Å². The monoisotopic (exact) mass is 278 g/mol. The maximum atomic E-state index is 13.7. The Bertz CT molecular complexity index is 757. The molecule has 0 bridgehead atoms. The van der Waals surface area contributed by atoms with E-state index in [1.165, 1.54) is 11.3 Å². The van der Waals surface area contributed by atoms with Crippen molar-refractivity contribution in [2.45, 2.75) is 0 Å². The molecule has 1 aromatic carbocycles. The number of halogens is 2. The third kappa shape index (κ3) is 2.02. The van der Waals surface area contributed by atoms with Crippen LogP contribution in [0.5, 0.6) is 0 Å². The fourth-order valence-corrected chi connectivity index (χ4v) is 2.52. The Labute approximate surface area is 110 Å². The highest BCUT2D eigenvalue weighted by atomic mass is 32.1. The molecule has 96 valence electrons. The third-order valence-corrected chi connectivity index (χ3v) is 3.44. The standard InChI is InChI=1S/C12H8F2N4S/c13-6-1-2-9(14)8(5-6)10-16-11(18-15)7-3-4-19-12(7)17-10/h1-5H,15H2,(H,16,17,18). The Morgan fingerprint density at radius 2 is 2.00 bits per heavy atom. The zero-order chi connectivity index (χ0) is 13.4. The summed E-state index contributed by atoms with van der Waals surface area (Å²) in [6, 6.07) is 4.96. The zero-order valence-corrected chi connectivity index (χ0v) is 10.3. The number of nitrogens with zero attached hydrogens (tertiary/aromatic N) is 2. The van der Waals surface area contributed by atoms with Crippen molar-refractivity contribution < 1.29 is 8.78 Å². The maximum absolute atomic E-state index is 13.7. The number of nitrogens with one attached hydrogen (secondary N) is 1. The molecule has 3 rings (SSSR count). The summed E-state index contributed by atoms with van der Waals surface area (Å²) in [5.74, 6) is 4.73. The SMILES string of the molecule is NNc1nc(-c2cc(F)ccc2F)nc2sccc12. The van der Waals surface area contributed by atoms with Crippen molar-refractivity contribution in [3.8, 4) is 11.4 Å². The van der Waals surface area contributed by atoms with Gasteiger partial charge in [0.15, 0.2) is 11.6 Å². The Morgan fingerprint density at radius 1 is 1.16 bits per heavy atom. The van der Waals surface area contributed by atoms with Crippen LogP contribution in [0.3, 0.4) is 0 Å². The normalized spacial score (nSPS) is 10.9. The molecule has 3 aromatic rings. The highest BCUT2D eigenvalue weighted by Gasteiger charge is 2.13. The molecule has 0 unspecified atom stereocenters. The fraction of sp³-hybridized carbons (Fsp3) is 0. The van der Waals surface area contributed by atoms with E-state index < -0.39 is 11.6 Å². The van der Waals surface area contributed by atoms with Crippen molar-refractivity contribution in [3.05, 3.63) is 41.3 Å². The van der Waals surface area contributed by atoms with Crippen LogP contribution >= 0.6 is 11.3 Å². The summed E-state index contributed by atoms with van der Waals surface area (Å²) in [5, 5.41) is 2.57. The number of hydrazine groups is 1. The van der Waals surface area contributed by atoms with E-state index in [0.717, 1.165) is 23.6 Å². The van der Waals surface area contributed by atoms with Crippen LogP contribution in [0.15, 0.2) is 29.6 Å². The quantitative estimate of drug-likeness (QED) is 0.559. The van der Waals surface area contributed by atoms with E-state index in [-0.39, 0.29) is 11.4 Å². The van der Waals surface area contributed by atoms with Crippen molar-refractivity contribution in [2.75, 3.05) is 5.43 Å². The van der Waals surface area contributed by atoms with Crippen LogP contribution in [0.1, 0.15) is 0 Å². The first kappa shape index (κ1) is 11.9. The highest BCUT2D eigenvalue weighted by Crippen LogP contribution is 2.29. The first-order valence-corrected chi connectivity index (χ1v) is 6.24. The van der Waals surface area contributed by atoms with E-state index in [1.54, 1.807) is 6.07 Å². The number of rotatable bonds is 2. The molecule has 19 heavy (non-hydrogen) atoms. The molecule has 0 aliphatic carbocycles. The van der Waals surface area contributed by atoms with Gasteiger partial charge >= 0.3 is 0 Å². The summed E-state index contributed by atoms with van der Waals surface area (Å²) in [7, 11) is 0. The van der Waals surface area contributed by atoms with Crippen LogP contribution in [0.4, 0.5) is 14.6 Å².